The maximum atomic E-state index is 11.5. The lowest BCUT2D eigenvalue weighted by molar-refractivity contribution is 0.0600. The van der Waals surface area contributed by atoms with Crippen molar-refractivity contribution >= 4 is 17.6 Å². The Bertz CT molecular complexity index is 755. The van der Waals surface area contributed by atoms with Crippen molar-refractivity contribution in [2.75, 3.05) is 12.0 Å². The third kappa shape index (κ3) is 3.52. The second-order valence-electron chi connectivity index (χ2n) is 4.92. The molecular formula is C17H15N5O2. The van der Waals surface area contributed by atoms with E-state index in [9.17, 15) is 4.79 Å². The van der Waals surface area contributed by atoms with Crippen molar-refractivity contribution in [1.82, 2.24) is 20.2 Å². The highest BCUT2D eigenvalue weighted by Gasteiger charge is 2.14. The number of carbonyl (C=O) groups excluding carboxylic acids is 1. The number of ether oxygens (including phenoxy) is 1. The van der Waals surface area contributed by atoms with Crippen LogP contribution in [0.4, 0.5) is 11.6 Å². The van der Waals surface area contributed by atoms with Gasteiger partial charge in [0.1, 0.15) is 0 Å². The molecule has 0 aliphatic rings. The molecule has 0 aliphatic carbocycles. The van der Waals surface area contributed by atoms with Crippen LogP contribution < -0.4 is 4.90 Å². The van der Waals surface area contributed by atoms with Crippen molar-refractivity contribution in [3.05, 3.63) is 72.3 Å². The van der Waals surface area contributed by atoms with E-state index in [-0.39, 0.29) is 5.97 Å². The van der Waals surface area contributed by atoms with Gasteiger partial charge in [-0.3, -0.25) is 4.98 Å². The van der Waals surface area contributed by atoms with E-state index in [1.54, 1.807) is 36.9 Å². The van der Waals surface area contributed by atoms with Crippen molar-refractivity contribution in [1.29, 1.82) is 0 Å². The van der Waals surface area contributed by atoms with Crippen LogP contribution in [0, 0.1) is 0 Å². The first-order valence-electron chi connectivity index (χ1n) is 7.26. The summed E-state index contributed by atoms with van der Waals surface area (Å²) < 4.78 is 4.71. The zero-order valence-corrected chi connectivity index (χ0v) is 13.0. The minimum atomic E-state index is -0.360. The predicted molar refractivity (Wildman–Crippen MR) is 87.7 cm³/mol. The van der Waals surface area contributed by atoms with Crippen molar-refractivity contribution in [3.8, 4) is 0 Å². The molecule has 0 atom stereocenters. The highest BCUT2D eigenvalue weighted by Crippen LogP contribution is 2.22. The Labute approximate surface area is 139 Å². The SMILES string of the molecule is COC(=O)c1ccc(CN(c2cnccn2)c2cccnn2)cc1. The number of esters is 1. The van der Waals surface area contributed by atoms with Gasteiger partial charge in [-0.1, -0.05) is 12.1 Å². The number of hydrogen-bond donors (Lipinski definition) is 0. The van der Waals surface area contributed by atoms with Gasteiger partial charge in [-0.25, -0.2) is 9.78 Å². The number of aromatic nitrogens is 4. The second kappa shape index (κ2) is 7.28. The first-order chi connectivity index (χ1) is 11.8. The fourth-order valence-corrected chi connectivity index (χ4v) is 2.19. The third-order valence-corrected chi connectivity index (χ3v) is 3.38. The summed E-state index contributed by atoms with van der Waals surface area (Å²) in [6, 6.07) is 10.9. The minimum absolute atomic E-state index is 0.360. The molecule has 2 aromatic heterocycles. The molecule has 7 nitrogen and oxygen atoms in total. The number of anilines is 2. The molecule has 24 heavy (non-hydrogen) atoms. The summed E-state index contributed by atoms with van der Waals surface area (Å²) >= 11 is 0. The molecule has 0 saturated heterocycles. The zero-order chi connectivity index (χ0) is 16.8. The van der Waals surface area contributed by atoms with Crippen LogP contribution in [0.3, 0.4) is 0 Å². The van der Waals surface area contributed by atoms with Crippen LogP contribution in [-0.4, -0.2) is 33.2 Å². The summed E-state index contributed by atoms with van der Waals surface area (Å²) in [5.41, 5.74) is 1.49. The van der Waals surface area contributed by atoms with Crippen LogP contribution in [0.1, 0.15) is 15.9 Å². The topological polar surface area (TPSA) is 81.1 Å². The van der Waals surface area contributed by atoms with Gasteiger partial charge in [0.2, 0.25) is 0 Å². The van der Waals surface area contributed by atoms with Crippen LogP contribution in [0.25, 0.3) is 0 Å². The Kier molecular flexibility index (Phi) is 4.71. The molecule has 0 saturated carbocycles. The number of carbonyl (C=O) groups is 1. The van der Waals surface area contributed by atoms with Crippen molar-refractivity contribution in [3.63, 3.8) is 0 Å². The molecule has 1 aromatic carbocycles. The Hall–Kier alpha value is -3.35. The van der Waals surface area contributed by atoms with Crippen LogP contribution in [-0.2, 0) is 11.3 Å². The van der Waals surface area contributed by atoms with Gasteiger partial charge in [0.05, 0.1) is 25.4 Å². The number of benzene rings is 1. The van der Waals surface area contributed by atoms with Crippen LogP contribution in [0.2, 0.25) is 0 Å². The van der Waals surface area contributed by atoms with E-state index in [0.717, 1.165) is 5.56 Å². The van der Waals surface area contributed by atoms with Crippen molar-refractivity contribution < 1.29 is 9.53 Å². The molecule has 3 rings (SSSR count). The fraction of sp³-hybridized carbons (Fsp3) is 0.118. The molecule has 0 fully saturated rings. The highest BCUT2D eigenvalue weighted by molar-refractivity contribution is 5.89. The highest BCUT2D eigenvalue weighted by atomic mass is 16.5. The van der Waals surface area contributed by atoms with E-state index in [1.807, 2.05) is 29.2 Å². The van der Waals surface area contributed by atoms with Gasteiger partial charge in [-0.05, 0) is 29.8 Å². The first-order valence-corrected chi connectivity index (χ1v) is 7.26. The summed E-state index contributed by atoms with van der Waals surface area (Å²) in [5.74, 6) is 0.964. The monoisotopic (exact) mass is 321 g/mol. The predicted octanol–water partition coefficient (Wildman–Crippen LogP) is 2.39. The molecule has 0 aliphatic heterocycles. The van der Waals surface area contributed by atoms with E-state index in [4.69, 9.17) is 4.74 Å². The number of methoxy groups -OCH3 is 1. The van der Waals surface area contributed by atoms with Crippen molar-refractivity contribution in [2.24, 2.45) is 0 Å². The second-order valence-corrected chi connectivity index (χ2v) is 4.92. The van der Waals surface area contributed by atoms with E-state index in [0.29, 0.717) is 23.7 Å². The van der Waals surface area contributed by atoms with Crippen LogP contribution in [0.15, 0.2) is 61.2 Å². The summed E-state index contributed by atoms with van der Waals surface area (Å²) in [6.45, 7) is 0.513. The zero-order valence-electron chi connectivity index (χ0n) is 13.0. The first kappa shape index (κ1) is 15.5. The molecule has 3 aromatic rings. The molecule has 0 bridgehead atoms. The lowest BCUT2D eigenvalue weighted by atomic mass is 10.1. The average molecular weight is 321 g/mol. The Morgan fingerprint density at radius 1 is 1.08 bits per heavy atom. The number of rotatable bonds is 5. The molecule has 0 amide bonds. The van der Waals surface area contributed by atoms with E-state index >= 15 is 0 Å². The number of hydrogen-bond acceptors (Lipinski definition) is 7. The van der Waals surface area contributed by atoms with Crippen LogP contribution >= 0.6 is 0 Å². The Morgan fingerprint density at radius 3 is 2.54 bits per heavy atom. The van der Waals surface area contributed by atoms with Gasteiger partial charge in [0.15, 0.2) is 11.6 Å². The van der Waals surface area contributed by atoms with Gasteiger partial charge < -0.3 is 9.64 Å². The maximum Gasteiger partial charge on any atom is 0.337 e. The fourth-order valence-electron chi connectivity index (χ4n) is 2.19. The summed E-state index contributed by atoms with van der Waals surface area (Å²) in [6.07, 6.45) is 6.52. The molecule has 0 radical (unpaired) electrons. The lowest BCUT2D eigenvalue weighted by Gasteiger charge is -2.21. The lowest BCUT2D eigenvalue weighted by Crippen LogP contribution is -2.19. The Morgan fingerprint density at radius 2 is 1.92 bits per heavy atom. The molecule has 2 heterocycles. The van der Waals surface area contributed by atoms with Crippen LogP contribution in [0.5, 0.6) is 0 Å². The van der Waals surface area contributed by atoms with E-state index in [2.05, 4.69) is 20.2 Å². The van der Waals surface area contributed by atoms with Gasteiger partial charge >= 0.3 is 5.97 Å². The third-order valence-electron chi connectivity index (χ3n) is 3.38. The summed E-state index contributed by atoms with van der Waals surface area (Å²) in [4.78, 5) is 21.9. The van der Waals surface area contributed by atoms with Gasteiger partial charge in [-0.15, -0.1) is 5.10 Å². The summed E-state index contributed by atoms with van der Waals surface area (Å²) in [7, 11) is 1.36. The standard InChI is InChI=1S/C17H15N5O2/c1-24-17(23)14-6-4-13(5-7-14)12-22(15-3-2-8-20-21-15)16-11-18-9-10-19-16/h2-11H,12H2,1H3. The molecule has 7 heteroatoms. The smallest absolute Gasteiger partial charge is 0.337 e. The molecular weight excluding hydrogens is 306 g/mol. The normalized spacial score (nSPS) is 10.2. The summed E-state index contributed by atoms with van der Waals surface area (Å²) in [5, 5.41) is 8.06. The van der Waals surface area contributed by atoms with E-state index < -0.39 is 0 Å². The average Bonchev–Trinajstić information content (AvgIpc) is 2.67. The molecule has 120 valence electrons. The van der Waals surface area contributed by atoms with Gasteiger partial charge in [-0.2, -0.15) is 5.10 Å². The number of nitrogens with zero attached hydrogens (tertiary/aromatic N) is 5. The quantitative estimate of drug-likeness (QED) is 0.667. The maximum absolute atomic E-state index is 11.5. The van der Waals surface area contributed by atoms with Crippen molar-refractivity contribution in [2.45, 2.75) is 6.54 Å². The molecule has 0 spiro atoms. The van der Waals surface area contributed by atoms with E-state index in [1.165, 1.54) is 7.11 Å². The molecule has 0 N–H and O–H groups in total. The van der Waals surface area contributed by atoms with Gasteiger partial charge in [0.25, 0.3) is 0 Å². The molecule has 0 unspecified atom stereocenters. The largest absolute Gasteiger partial charge is 0.465 e. The van der Waals surface area contributed by atoms with Gasteiger partial charge in [0, 0.05) is 18.6 Å². The minimum Gasteiger partial charge on any atom is -0.465 e. The Balaban J connectivity index is 1.89.